The third-order valence-corrected chi connectivity index (χ3v) is 2.92. The van der Waals surface area contributed by atoms with Crippen LogP contribution in [-0.4, -0.2) is 15.6 Å². The van der Waals surface area contributed by atoms with Gasteiger partial charge in [0.2, 0.25) is 0 Å². The second-order valence-corrected chi connectivity index (χ2v) is 4.02. The van der Waals surface area contributed by atoms with E-state index in [-0.39, 0.29) is 0 Å². The number of hydrogen-bond acceptors (Lipinski definition) is 2. The molecular formula is C10H17N3. The molecular weight excluding hydrogens is 162 g/mol. The van der Waals surface area contributed by atoms with Gasteiger partial charge in [-0.05, 0) is 12.8 Å². The monoisotopic (exact) mass is 179 g/mol. The third-order valence-electron chi connectivity index (χ3n) is 2.92. The summed E-state index contributed by atoms with van der Waals surface area (Å²) in [5, 5.41) is 0. The summed E-state index contributed by atoms with van der Waals surface area (Å²) in [5.41, 5.74) is 7.25. The van der Waals surface area contributed by atoms with Crippen molar-refractivity contribution in [2.45, 2.75) is 37.6 Å². The van der Waals surface area contributed by atoms with Gasteiger partial charge in [-0.15, -0.1) is 0 Å². The predicted molar refractivity (Wildman–Crippen MR) is 52.4 cm³/mol. The number of imidazole rings is 1. The van der Waals surface area contributed by atoms with Crippen LogP contribution in [0.4, 0.5) is 0 Å². The number of rotatable bonds is 1. The Morgan fingerprint density at radius 3 is 2.85 bits per heavy atom. The van der Waals surface area contributed by atoms with Crippen molar-refractivity contribution in [1.29, 1.82) is 0 Å². The first-order valence-electron chi connectivity index (χ1n) is 5.01. The van der Waals surface area contributed by atoms with Gasteiger partial charge in [0.15, 0.2) is 0 Å². The molecule has 1 fully saturated rings. The molecule has 0 amide bonds. The highest BCUT2D eigenvalue weighted by molar-refractivity contribution is 5.09. The molecule has 1 aliphatic rings. The molecule has 1 heterocycles. The number of aromatic nitrogens is 2. The second kappa shape index (κ2) is 3.50. The summed E-state index contributed by atoms with van der Waals surface area (Å²) in [4.78, 5) is 4.37. The lowest BCUT2D eigenvalue weighted by atomic mass is 9.83. The summed E-state index contributed by atoms with van der Waals surface area (Å²) < 4.78 is 2.00. The molecule has 0 aromatic carbocycles. The first kappa shape index (κ1) is 8.75. The molecule has 2 rings (SSSR count). The predicted octanol–water partition coefficient (Wildman–Crippen LogP) is 1.41. The normalized spacial score (nSPS) is 29.1. The van der Waals surface area contributed by atoms with Crippen LogP contribution in [0.1, 0.15) is 37.3 Å². The summed E-state index contributed by atoms with van der Waals surface area (Å²) in [6.45, 7) is 0. The van der Waals surface area contributed by atoms with Crippen LogP contribution in [0.3, 0.4) is 0 Å². The Labute approximate surface area is 79.0 Å². The van der Waals surface area contributed by atoms with E-state index in [4.69, 9.17) is 5.73 Å². The number of hydrogen-bond donors (Lipinski definition) is 1. The number of aryl methyl sites for hydroxylation is 1. The summed E-state index contributed by atoms with van der Waals surface area (Å²) in [6, 6.07) is 0.323. The molecule has 0 aliphatic heterocycles. The van der Waals surface area contributed by atoms with Gasteiger partial charge in [0, 0.05) is 25.2 Å². The largest absolute Gasteiger partial charge is 0.340 e. The van der Waals surface area contributed by atoms with Crippen molar-refractivity contribution < 1.29 is 0 Å². The van der Waals surface area contributed by atoms with E-state index in [0.717, 1.165) is 6.42 Å². The molecule has 3 heteroatoms. The molecule has 1 aromatic heterocycles. The maximum atomic E-state index is 6.07. The molecule has 0 bridgehead atoms. The van der Waals surface area contributed by atoms with E-state index in [0.29, 0.717) is 12.0 Å². The average Bonchev–Trinajstić information content (AvgIpc) is 2.53. The fourth-order valence-electron chi connectivity index (χ4n) is 2.15. The second-order valence-electron chi connectivity index (χ2n) is 4.02. The van der Waals surface area contributed by atoms with Gasteiger partial charge >= 0.3 is 0 Å². The molecule has 72 valence electrons. The smallest absolute Gasteiger partial charge is 0.0946 e. The molecule has 0 radical (unpaired) electrons. The minimum Gasteiger partial charge on any atom is -0.340 e. The standard InChI is InChI=1S/C10H17N3/c1-13-6-10(12-7-13)8-4-2-3-5-9(8)11/h6-9H,2-5,11H2,1H3. The zero-order valence-corrected chi connectivity index (χ0v) is 8.11. The summed E-state index contributed by atoms with van der Waals surface area (Å²) >= 11 is 0. The molecule has 0 spiro atoms. The van der Waals surface area contributed by atoms with Gasteiger partial charge in [-0.2, -0.15) is 0 Å². The van der Waals surface area contributed by atoms with Gasteiger partial charge < -0.3 is 10.3 Å². The van der Waals surface area contributed by atoms with Crippen molar-refractivity contribution in [2.75, 3.05) is 0 Å². The summed E-state index contributed by atoms with van der Waals surface area (Å²) in [5.74, 6) is 0.495. The Balaban J connectivity index is 2.14. The first-order chi connectivity index (χ1) is 6.27. The highest BCUT2D eigenvalue weighted by atomic mass is 15.0. The molecule has 1 aromatic rings. The molecule has 1 saturated carbocycles. The van der Waals surface area contributed by atoms with E-state index < -0.39 is 0 Å². The average molecular weight is 179 g/mol. The van der Waals surface area contributed by atoms with E-state index in [1.54, 1.807) is 0 Å². The van der Waals surface area contributed by atoms with Crippen molar-refractivity contribution in [3.05, 3.63) is 18.2 Å². The van der Waals surface area contributed by atoms with Gasteiger partial charge in [-0.3, -0.25) is 0 Å². The van der Waals surface area contributed by atoms with E-state index in [9.17, 15) is 0 Å². The van der Waals surface area contributed by atoms with Gasteiger partial charge in [0.05, 0.1) is 12.0 Å². The van der Waals surface area contributed by atoms with Crippen molar-refractivity contribution in [3.63, 3.8) is 0 Å². The lowest BCUT2D eigenvalue weighted by Crippen LogP contribution is -2.31. The van der Waals surface area contributed by atoms with Gasteiger partial charge in [-0.1, -0.05) is 12.8 Å². The minimum absolute atomic E-state index is 0.323. The Bertz CT molecular complexity index is 279. The van der Waals surface area contributed by atoms with E-state index in [2.05, 4.69) is 11.2 Å². The van der Waals surface area contributed by atoms with Crippen molar-refractivity contribution in [3.8, 4) is 0 Å². The fraction of sp³-hybridized carbons (Fsp3) is 0.700. The highest BCUT2D eigenvalue weighted by Gasteiger charge is 2.24. The van der Waals surface area contributed by atoms with Crippen LogP contribution in [0.2, 0.25) is 0 Å². The van der Waals surface area contributed by atoms with Crippen molar-refractivity contribution in [2.24, 2.45) is 12.8 Å². The van der Waals surface area contributed by atoms with E-state index >= 15 is 0 Å². The summed E-state index contributed by atoms with van der Waals surface area (Å²) in [7, 11) is 2.00. The SMILES string of the molecule is Cn1cnc(C2CCCCC2N)c1. The van der Waals surface area contributed by atoms with Crippen LogP contribution < -0.4 is 5.73 Å². The van der Waals surface area contributed by atoms with Crippen LogP contribution >= 0.6 is 0 Å². The van der Waals surface area contributed by atoms with Crippen LogP contribution in [-0.2, 0) is 7.05 Å². The maximum absolute atomic E-state index is 6.07. The number of nitrogens with two attached hydrogens (primary N) is 1. The lowest BCUT2D eigenvalue weighted by molar-refractivity contribution is 0.380. The molecule has 0 saturated heterocycles. The minimum atomic E-state index is 0.323. The summed E-state index contributed by atoms with van der Waals surface area (Å²) in [6.07, 6.45) is 8.89. The van der Waals surface area contributed by atoms with E-state index in [1.807, 2.05) is 17.9 Å². The quantitative estimate of drug-likeness (QED) is 0.708. The molecule has 3 nitrogen and oxygen atoms in total. The molecule has 1 aliphatic carbocycles. The maximum Gasteiger partial charge on any atom is 0.0946 e. The molecule has 2 unspecified atom stereocenters. The third kappa shape index (κ3) is 1.75. The highest BCUT2D eigenvalue weighted by Crippen LogP contribution is 2.30. The fourth-order valence-corrected chi connectivity index (χ4v) is 2.15. The van der Waals surface area contributed by atoms with Gasteiger partial charge in [-0.25, -0.2) is 4.98 Å². The zero-order chi connectivity index (χ0) is 9.26. The topological polar surface area (TPSA) is 43.8 Å². The zero-order valence-electron chi connectivity index (χ0n) is 8.11. The number of nitrogens with zero attached hydrogens (tertiary/aromatic N) is 2. The van der Waals surface area contributed by atoms with Crippen LogP contribution in [0.5, 0.6) is 0 Å². The van der Waals surface area contributed by atoms with Crippen LogP contribution in [0.25, 0.3) is 0 Å². The van der Waals surface area contributed by atoms with Crippen molar-refractivity contribution >= 4 is 0 Å². The van der Waals surface area contributed by atoms with Gasteiger partial charge in [0.25, 0.3) is 0 Å². The lowest BCUT2D eigenvalue weighted by Gasteiger charge is -2.26. The Morgan fingerprint density at radius 1 is 1.46 bits per heavy atom. The molecule has 13 heavy (non-hydrogen) atoms. The molecule has 2 atom stereocenters. The first-order valence-corrected chi connectivity index (χ1v) is 5.01. The van der Waals surface area contributed by atoms with E-state index in [1.165, 1.54) is 25.0 Å². The Hall–Kier alpha value is -0.830. The van der Waals surface area contributed by atoms with Crippen molar-refractivity contribution in [1.82, 2.24) is 9.55 Å². The Kier molecular flexibility index (Phi) is 2.36. The van der Waals surface area contributed by atoms with Crippen LogP contribution in [0.15, 0.2) is 12.5 Å². The van der Waals surface area contributed by atoms with Crippen LogP contribution in [0, 0.1) is 0 Å². The molecule has 2 N–H and O–H groups in total. The van der Waals surface area contributed by atoms with Gasteiger partial charge in [0.1, 0.15) is 0 Å². The Morgan fingerprint density at radius 2 is 2.23 bits per heavy atom.